The first kappa shape index (κ1) is 23.3. The fourth-order valence-electron chi connectivity index (χ4n) is 4.33. The summed E-state index contributed by atoms with van der Waals surface area (Å²) in [5.41, 5.74) is 4.22. The number of benzene rings is 2. The molecule has 0 aliphatic rings. The maximum absolute atomic E-state index is 13.6. The van der Waals surface area contributed by atoms with Crippen LogP contribution in [0.3, 0.4) is 0 Å². The van der Waals surface area contributed by atoms with E-state index in [0.717, 1.165) is 22.0 Å². The molecule has 0 aliphatic carbocycles. The number of likely N-dealkylation sites (N-methyl/N-ethyl adjacent to an activating group) is 1. The quantitative estimate of drug-likeness (QED) is 0.438. The van der Waals surface area contributed by atoms with Crippen molar-refractivity contribution in [3.63, 3.8) is 0 Å². The van der Waals surface area contributed by atoms with Gasteiger partial charge in [0, 0.05) is 45.3 Å². The van der Waals surface area contributed by atoms with Crippen LogP contribution >= 0.6 is 0 Å². The fourth-order valence-corrected chi connectivity index (χ4v) is 4.33. The number of aromatic nitrogens is 3. The van der Waals surface area contributed by atoms with Gasteiger partial charge in [-0.15, -0.1) is 0 Å². The van der Waals surface area contributed by atoms with Crippen LogP contribution in [0.15, 0.2) is 66.9 Å². The van der Waals surface area contributed by atoms with Crippen molar-refractivity contribution in [3.8, 4) is 0 Å². The molecule has 1 atom stereocenters. The topological polar surface area (TPSA) is 72.2 Å². The zero-order valence-corrected chi connectivity index (χ0v) is 20.2. The third-order valence-corrected chi connectivity index (χ3v) is 6.33. The van der Waals surface area contributed by atoms with Gasteiger partial charge in [0.05, 0.1) is 5.52 Å². The summed E-state index contributed by atoms with van der Waals surface area (Å²) >= 11 is 0. The smallest absolute Gasteiger partial charge is 0.275 e. The first-order valence-corrected chi connectivity index (χ1v) is 11.5. The normalized spacial score (nSPS) is 12.0. The van der Waals surface area contributed by atoms with Crippen LogP contribution in [0.4, 0.5) is 0 Å². The number of amides is 2. The monoisotopic (exact) mass is 457 g/mol. The molecule has 0 spiro atoms. The number of nitrogens with one attached hydrogen (secondary N) is 1. The van der Waals surface area contributed by atoms with Crippen molar-refractivity contribution in [2.24, 2.45) is 14.1 Å². The molecule has 176 valence electrons. The largest absolute Gasteiger partial charge is 0.351 e. The van der Waals surface area contributed by atoms with Crippen LogP contribution in [-0.2, 0) is 20.5 Å². The highest BCUT2D eigenvalue weighted by Crippen LogP contribution is 2.22. The number of hydrogen-bond acceptors (Lipinski definition) is 3. The Morgan fingerprint density at radius 1 is 1.06 bits per heavy atom. The van der Waals surface area contributed by atoms with Gasteiger partial charge in [0.15, 0.2) is 5.69 Å². The van der Waals surface area contributed by atoms with E-state index in [1.54, 1.807) is 20.2 Å². The van der Waals surface area contributed by atoms with Gasteiger partial charge in [-0.1, -0.05) is 42.0 Å². The summed E-state index contributed by atoms with van der Waals surface area (Å²) in [4.78, 5) is 27.9. The van der Waals surface area contributed by atoms with E-state index in [0.29, 0.717) is 30.8 Å². The predicted octanol–water partition coefficient (Wildman–Crippen LogP) is 3.72. The van der Waals surface area contributed by atoms with Crippen LogP contribution in [0, 0.1) is 6.92 Å². The fraction of sp³-hybridized carbons (Fsp3) is 0.296. The van der Waals surface area contributed by atoms with Gasteiger partial charge in [-0.25, -0.2) is 0 Å². The van der Waals surface area contributed by atoms with Gasteiger partial charge in [0.1, 0.15) is 5.69 Å². The molecule has 7 nitrogen and oxygen atoms in total. The van der Waals surface area contributed by atoms with Gasteiger partial charge in [-0.2, -0.15) is 5.10 Å². The molecule has 7 heteroatoms. The minimum absolute atomic E-state index is 0.106. The number of fused-ring (bicyclic) bond motifs is 1. The van der Waals surface area contributed by atoms with Crippen LogP contribution in [0.2, 0.25) is 0 Å². The molecule has 0 radical (unpaired) electrons. The van der Waals surface area contributed by atoms with E-state index in [4.69, 9.17) is 0 Å². The highest BCUT2D eigenvalue weighted by molar-refractivity contribution is 6.05. The van der Waals surface area contributed by atoms with E-state index < -0.39 is 0 Å². The van der Waals surface area contributed by atoms with E-state index >= 15 is 0 Å². The molecular formula is C27H31N5O2. The number of carbonyl (C=O) groups is 2. The summed E-state index contributed by atoms with van der Waals surface area (Å²) in [5, 5.41) is 8.40. The van der Waals surface area contributed by atoms with Crippen LogP contribution < -0.4 is 5.32 Å². The highest BCUT2D eigenvalue weighted by atomic mass is 16.2. The van der Waals surface area contributed by atoms with E-state index in [-0.39, 0.29) is 17.9 Å². The van der Waals surface area contributed by atoms with Crippen LogP contribution in [0.5, 0.6) is 0 Å². The molecule has 0 fully saturated rings. The Hall–Kier alpha value is -3.87. The first-order valence-electron chi connectivity index (χ1n) is 11.5. The zero-order chi connectivity index (χ0) is 24.2. The Bertz CT molecular complexity index is 1310. The lowest BCUT2D eigenvalue weighted by Gasteiger charge is -2.28. The molecule has 4 aromatic rings. The molecule has 4 rings (SSSR count). The third-order valence-electron chi connectivity index (χ3n) is 6.33. The van der Waals surface area contributed by atoms with Crippen LogP contribution in [-0.4, -0.2) is 50.7 Å². The molecule has 0 bridgehead atoms. The Balaban J connectivity index is 1.54. The van der Waals surface area contributed by atoms with Crippen molar-refractivity contribution in [3.05, 3.63) is 89.4 Å². The second-order valence-corrected chi connectivity index (χ2v) is 8.80. The first-order chi connectivity index (χ1) is 16.3. The second-order valence-electron chi connectivity index (χ2n) is 8.80. The Morgan fingerprint density at radius 2 is 1.82 bits per heavy atom. The average molecular weight is 458 g/mol. The highest BCUT2D eigenvalue weighted by Gasteiger charge is 2.26. The maximum atomic E-state index is 13.6. The molecule has 2 aromatic heterocycles. The minimum atomic E-state index is -0.120. The van der Waals surface area contributed by atoms with Crippen LogP contribution in [0.25, 0.3) is 10.9 Å². The summed E-state index contributed by atoms with van der Waals surface area (Å²) in [5.74, 6) is -0.239. The molecular weight excluding hydrogens is 426 g/mol. The molecule has 2 aromatic carbocycles. The lowest BCUT2D eigenvalue weighted by Crippen LogP contribution is -2.41. The van der Waals surface area contributed by atoms with Crippen molar-refractivity contribution < 1.29 is 9.59 Å². The van der Waals surface area contributed by atoms with E-state index in [1.807, 2.05) is 76.7 Å². The van der Waals surface area contributed by atoms with Crippen LogP contribution in [0.1, 0.15) is 38.5 Å². The summed E-state index contributed by atoms with van der Waals surface area (Å²) in [7, 11) is 5.53. The predicted molar refractivity (Wildman–Crippen MR) is 134 cm³/mol. The van der Waals surface area contributed by atoms with Crippen molar-refractivity contribution in [2.75, 3.05) is 13.6 Å². The van der Waals surface area contributed by atoms with Gasteiger partial charge < -0.3 is 14.8 Å². The average Bonchev–Trinajstić information content (AvgIpc) is 3.40. The SMILES string of the molecule is Cc1ccc2c(c1)c(C(=O)N(C)C(CCNC(=O)c1cccn1C)Cc1ccccc1)nn2C. The van der Waals surface area contributed by atoms with Crippen molar-refractivity contribution in [1.29, 1.82) is 0 Å². The summed E-state index contributed by atoms with van der Waals surface area (Å²) in [6.07, 6.45) is 3.16. The molecule has 34 heavy (non-hydrogen) atoms. The van der Waals surface area contributed by atoms with Gasteiger partial charge in [0.25, 0.3) is 11.8 Å². The van der Waals surface area contributed by atoms with E-state index in [1.165, 1.54) is 0 Å². The number of rotatable bonds is 8. The van der Waals surface area contributed by atoms with Crippen molar-refractivity contribution >= 4 is 22.7 Å². The Kier molecular flexibility index (Phi) is 6.82. The summed E-state index contributed by atoms with van der Waals surface area (Å²) < 4.78 is 3.54. The molecule has 0 saturated heterocycles. The Labute approximate surface area is 200 Å². The number of nitrogens with zero attached hydrogens (tertiary/aromatic N) is 4. The van der Waals surface area contributed by atoms with E-state index in [9.17, 15) is 9.59 Å². The van der Waals surface area contributed by atoms with Gasteiger partial charge in [-0.3, -0.25) is 14.3 Å². The molecule has 0 aliphatic heterocycles. The molecule has 2 amide bonds. The van der Waals surface area contributed by atoms with Crippen molar-refractivity contribution in [2.45, 2.75) is 25.8 Å². The second kappa shape index (κ2) is 9.95. The number of hydrogen-bond donors (Lipinski definition) is 1. The minimum Gasteiger partial charge on any atom is -0.351 e. The van der Waals surface area contributed by atoms with Crippen molar-refractivity contribution in [1.82, 2.24) is 24.6 Å². The van der Waals surface area contributed by atoms with E-state index in [2.05, 4.69) is 22.5 Å². The third kappa shape index (κ3) is 4.88. The lowest BCUT2D eigenvalue weighted by molar-refractivity contribution is 0.0718. The zero-order valence-electron chi connectivity index (χ0n) is 20.2. The molecule has 0 saturated carbocycles. The maximum Gasteiger partial charge on any atom is 0.275 e. The number of carbonyl (C=O) groups excluding carboxylic acids is 2. The summed E-state index contributed by atoms with van der Waals surface area (Å²) in [6, 6.07) is 19.7. The van der Waals surface area contributed by atoms with Gasteiger partial charge >= 0.3 is 0 Å². The molecule has 2 heterocycles. The van der Waals surface area contributed by atoms with Gasteiger partial charge in [-0.05, 0) is 49.6 Å². The molecule has 1 unspecified atom stereocenters. The standard InChI is InChI=1S/C27H31N5O2/c1-19-12-13-23-22(17-19)25(29-32(23)4)27(34)31(3)21(18-20-9-6-5-7-10-20)14-15-28-26(33)24-11-8-16-30(24)2/h5-13,16-17,21H,14-15,18H2,1-4H3,(H,28,33). The molecule has 1 N–H and O–H groups in total. The number of aryl methyl sites for hydroxylation is 3. The van der Waals surface area contributed by atoms with Gasteiger partial charge in [0.2, 0.25) is 0 Å². The Morgan fingerprint density at radius 3 is 2.53 bits per heavy atom. The summed E-state index contributed by atoms with van der Waals surface area (Å²) in [6.45, 7) is 2.47. The lowest BCUT2D eigenvalue weighted by atomic mass is 10.0.